The van der Waals surface area contributed by atoms with E-state index in [0.717, 1.165) is 19.3 Å². The molecule has 4 rings (SSSR count). The number of hydrogen-bond acceptors (Lipinski definition) is 6. The van der Waals surface area contributed by atoms with Crippen molar-refractivity contribution in [2.45, 2.75) is 0 Å². The van der Waals surface area contributed by atoms with Crippen LogP contribution in [0.5, 0.6) is 0 Å². The minimum absolute atomic E-state index is 0.143. The van der Waals surface area contributed by atoms with Crippen LogP contribution in [0.15, 0.2) is 60.8 Å². The quantitative estimate of drug-likeness (QED) is 0.448. The molecule has 1 amide bonds. The summed E-state index contributed by atoms with van der Waals surface area (Å²) in [5.74, 6) is -0.430. The molecule has 0 radical (unpaired) electrons. The maximum absolute atomic E-state index is 13.0. The largest absolute Gasteiger partial charge is 0.379 e. The van der Waals surface area contributed by atoms with Gasteiger partial charge < -0.3 is 10.1 Å². The first-order valence-electron chi connectivity index (χ1n) is 11.3. The molecule has 1 aromatic heterocycles. The highest BCUT2D eigenvalue weighted by Gasteiger charge is 2.22. The van der Waals surface area contributed by atoms with Crippen LogP contribution in [-0.2, 0) is 14.8 Å². The van der Waals surface area contributed by atoms with E-state index in [1.807, 2.05) is 18.2 Å². The van der Waals surface area contributed by atoms with Gasteiger partial charge in [-0.1, -0.05) is 29.3 Å². The molecule has 0 saturated carbocycles. The highest BCUT2D eigenvalue weighted by Crippen LogP contribution is 2.30. The molecule has 11 heteroatoms. The first-order chi connectivity index (χ1) is 17.2. The number of carbonyl (C=O) groups is 1. The fourth-order valence-electron chi connectivity index (χ4n) is 3.91. The molecule has 3 aromatic rings. The van der Waals surface area contributed by atoms with Crippen molar-refractivity contribution in [1.29, 1.82) is 0 Å². The highest BCUT2D eigenvalue weighted by molar-refractivity contribution is 7.92. The number of aromatic nitrogens is 1. The Morgan fingerprint density at radius 1 is 1.08 bits per heavy atom. The van der Waals surface area contributed by atoms with Gasteiger partial charge in [0.05, 0.1) is 46.5 Å². The Morgan fingerprint density at radius 3 is 2.53 bits per heavy atom. The van der Waals surface area contributed by atoms with E-state index in [2.05, 4.69) is 15.2 Å². The molecule has 1 saturated heterocycles. The number of pyridine rings is 1. The average Bonchev–Trinajstić information content (AvgIpc) is 2.85. The second-order valence-electron chi connectivity index (χ2n) is 8.32. The van der Waals surface area contributed by atoms with Crippen LogP contribution in [0.2, 0.25) is 10.0 Å². The maximum atomic E-state index is 13.0. The van der Waals surface area contributed by atoms with Crippen molar-refractivity contribution in [2.75, 3.05) is 55.3 Å². The summed E-state index contributed by atoms with van der Waals surface area (Å²) in [5.41, 5.74) is 2.50. The first kappa shape index (κ1) is 26.4. The van der Waals surface area contributed by atoms with Crippen LogP contribution in [0, 0.1) is 0 Å². The second-order valence-corrected chi connectivity index (χ2v) is 11.0. The first-order valence-corrected chi connectivity index (χ1v) is 13.9. The number of morpholine rings is 1. The summed E-state index contributed by atoms with van der Waals surface area (Å²) in [6.45, 7) is 3.60. The summed E-state index contributed by atoms with van der Waals surface area (Å²) in [6, 6.07) is 15.2. The summed E-state index contributed by atoms with van der Waals surface area (Å²) in [6.07, 6.45) is 2.82. The summed E-state index contributed by atoms with van der Waals surface area (Å²) in [7, 11) is -3.55. The van der Waals surface area contributed by atoms with E-state index in [4.69, 9.17) is 27.9 Å². The highest BCUT2D eigenvalue weighted by atomic mass is 35.5. The average molecular weight is 549 g/mol. The number of nitrogens with zero attached hydrogens (tertiary/aromatic N) is 3. The molecular weight excluding hydrogens is 523 g/mol. The normalized spacial score (nSPS) is 14.4. The summed E-state index contributed by atoms with van der Waals surface area (Å²) in [5, 5.41) is 3.47. The van der Waals surface area contributed by atoms with Gasteiger partial charge in [0.2, 0.25) is 10.0 Å². The van der Waals surface area contributed by atoms with Crippen molar-refractivity contribution in [3.63, 3.8) is 0 Å². The third-order valence-corrected chi connectivity index (χ3v) is 7.61. The van der Waals surface area contributed by atoms with Crippen molar-refractivity contribution in [3.8, 4) is 11.3 Å². The molecule has 2 aromatic carbocycles. The van der Waals surface area contributed by atoms with E-state index >= 15 is 0 Å². The van der Waals surface area contributed by atoms with Gasteiger partial charge in [0.15, 0.2) is 0 Å². The SMILES string of the molecule is CS(=O)(=O)N(CCN1CCOCC1)c1ccc(C(=O)Nc2ccc(Cl)c(-c3ccccn3)c2)c(Cl)c1. The Bertz CT molecular complexity index is 1330. The van der Waals surface area contributed by atoms with Crippen molar-refractivity contribution in [3.05, 3.63) is 76.4 Å². The number of anilines is 2. The van der Waals surface area contributed by atoms with E-state index in [0.29, 0.717) is 47.4 Å². The smallest absolute Gasteiger partial charge is 0.257 e. The number of sulfonamides is 1. The van der Waals surface area contributed by atoms with E-state index < -0.39 is 15.9 Å². The zero-order valence-corrected chi connectivity index (χ0v) is 22.0. The minimum atomic E-state index is -3.55. The molecule has 36 heavy (non-hydrogen) atoms. The molecule has 1 N–H and O–H groups in total. The summed E-state index contributed by atoms with van der Waals surface area (Å²) in [4.78, 5) is 19.4. The summed E-state index contributed by atoms with van der Waals surface area (Å²) >= 11 is 12.8. The van der Waals surface area contributed by atoms with Gasteiger partial charge in [-0.05, 0) is 48.5 Å². The van der Waals surface area contributed by atoms with Gasteiger partial charge >= 0.3 is 0 Å². The molecular formula is C25H26Cl2N4O4S. The van der Waals surface area contributed by atoms with Gasteiger partial charge in [-0.15, -0.1) is 0 Å². The van der Waals surface area contributed by atoms with Crippen molar-refractivity contribution < 1.29 is 17.9 Å². The number of benzene rings is 2. The maximum Gasteiger partial charge on any atom is 0.257 e. The summed E-state index contributed by atoms with van der Waals surface area (Å²) < 4.78 is 31.6. The van der Waals surface area contributed by atoms with Crippen LogP contribution in [0.4, 0.5) is 11.4 Å². The molecule has 0 aliphatic carbocycles. The molecule has 8 nitrogen and oxygen atoms in total. The topological polar surface area (TPSA) is 91.8 Å². The predicted molar refractivity (Wildman–Crippen MR) is 144 cm³/mol. The third kappa shape index (κ3) is 6.54. The standard InChI is InChI=1S/C25H26Cl2N4O4S/c1-36(33,34)31(11-10-30-12-14-35-15-13-30)19-6-7-20(23(27)17-19)25(32)29-18-5-8-22(26)21(16-18)24-4-2-3-9-28-24/h2-9,16-17H,10-15H2,1H3,(H,29,32). The van der Waals surface area contributed by atoms with Crippen LogP contribution in [0.1, 0.15) is 10.4 Å². The van der Waals surface area contributed by atoms with Gasteiger partial charge in [-0.25, -0.2) is 8.42 Å². The van der Waals surface area contributed by atoms with Crippen molar-refractivity contribution in [1.82, 2.24) is 9.88 Å². The number of nitrogens with one attached hydrogen (secondary N) is 1. The molecule has 0 atom stereocenters. The van der Waals surface area contributed by atoms with Gasteiger partial charge in [-0.3, -0.25) is 19.0 Å². The van der Waals surface area contributed by atoms with Crippen molar-refractivity contribution in [2.24, 2.45) is 0 Å². The Morgan fingerprint density at radius 2 is 1.86 bits per heavy atom. The van der Waals surface area contributed by atoms with E-state index in [-0.39, 0.29) is 17.1 Å². The zero-order valence-electron chi connectivity index (χ0n) is 19.7. The lowest BCUT2D eigenvalue weighted by atomic mass is 10.1. The molecule has 0 bridgehead atoms. The number of halogens is 2. The number of carbonyl (C=O) groups excluding carboxylic acids is 1. The zero-order chi connectivity index (χ0) is 25.7. The number of rotatable bonds is 8. The van der Waals surface area contributed by atoms with Crippen molar-refractivity contribution >= 4 is 50.5 Å². The number of ether oxygens (including phenoxy) is 1. The molecule has 190 valence electrons. The molecule has 2 heterocycles. The molecule has 1 aliphatic rings. The number of hydrogen-bond donors (Lipinski definition) is 1. The molecule has 1 fully saturated rings. The lowest BCUT2D eigenvalue weighted by molar-refractivity contribution is 0.0395. The fraction of sp³-hybridized carbons (Fsp3) is 0.280. The second kappa shape index (κ2) is 11.6. The predicted octanol–water partition coefficient (Wildman–Crippen LogP) is 4.41. The lowest BCUT2D eigenvalue weighted by Gasteiger charge is -2.30. The monoisotopic (exact) mass is 548 g/mol. The Labute approximate surface area is 220 Å². The fourth-order valence-corrected chi connectivity index (χ4v) is 5.29. The van der Waals surface area contributed by atoms with Crippen LogP contribution in [-0.4, -0.2) is 69.9 Å². The Hall–Kier alpha value is -2.69. The van der Waals surface area contributed by atoms with Gasteiger partial charge in [0.25, 0.3) is 5.91 Å². The Balaban J connectivity index is 1.51. The number of amides is 1. The van der Waals surface area contributed by atoms with Gasteiger partial charge in [0.1, 0.15) is 0 Å². The van der Waals surface area contributed by atoms with E-state index in [1.165, 1.54) is 16.4 Å². The van der Waals surface area contributed by atoms with Gasteiger partial charge in [0, 0.05) is 43.6 Å². The van der Waals surface area contributed by atoms with Crippen LogP contribution in [0.3, 0.4) is 0 Å². The van der Waals surface area contributed by atoms with Crippen LogP contribution in [0.25, 0.3) is 11.3 Å². The van der Waals surface area contributed by atoms with Crippen LogP contribution < -0.4 is 9.62 Å². The molecule has 1 aliphatic heterocycles. The molecule has 0 spiro atoms. The minimum Gasteiger partial charge on any atom is -0.379 e. The third-order valence-electron chi connectivity index (χ3n) is 5.77. The lowest BCUT2D eigenvalue weighted by Crippen LogP contribution is -2.43. The van der Waals surface area contributed by atoms with Gasteiger partial charge in [-0.2, -0.15) is 0 Å². The van der Waals surface area contributed by atoms with E-state index in [1.54, 1.807) is 30.5 Å². The van der Waals surface area contributed by atoms with E-state index in [9.17, 15) is 13.2 Å². The Kier molecular flexibility index (Phi) is 8.48. The molecule has 0 unspecified atom stereocenters. The van der Waals surface area contributed by atoms with Crippen LogP contribution >= 0.6 is 23.2 Å².